The van der Waals surface area contributed by atoms with Crippen LogP contribution in [0.15, 0.2) is 48.5 Å². The van der Waals surface area contributed by atoms with Gasteiger partial charge in [-0.25, -0.2) is 0 Å². The van der Waals surface area contributed by atoms with Crippen LogP contribution in [0, 0.1) is 6.92 Å². The smallest absolute Gasteiger partial charge is 0.262 e. The molecule has 7 heteroatoms. The topological polar surface area (TPSA) is 57.7 Å². The van der Waals surface area contributed by atoms with Crippen LogP contribution in [0.25, 0.3) is 10.9 Å². The minimum atomic E-state index is -0.0870. The Bertz CT molecular complexity index is 1120. The molecule has 168 valence electrons. The Morgan fingerprint density at radius 1 is 1.06 bits per heavy atom. The maximum atomic E-state index is 11.6. The third-order valence-electron chi connectivity index (χ3n) is 6.17. The lowest BCUT2D eigenvalue weighted by atomic mass is 10.1. The Hall–Kier alpha value is -2.83. The third-order valence-corrected chi connectivity index (χ3v) is 6.17. The van der Waals surface area contributed by atoms with Gasteiger partial charge >= 0.3 is 0 Å². The molecule has 0 radical (unpaired) electrons. The molecule has 1 N–H and O–H groups in total. The molecule has 0 aliphatic carbocycles. The van der Waals surface area contributed by atoms with E-state index in [1.54, 1.807) is 0 Å². The number of amides is 1. The maximum Gasteiger partial charge on any atom is 0.262 e. The van der Waals surface area contributed by atoms with Gasteiger partial charge in [0.15, 0.2) is 6.61 Å². The summed E-state index contributed by atoms with van der Waals surface area (Å²) < 4.78 is 5.46. The summed E-state index contributed by atoms with van der Waals surface area (Å²) in [6.07, 6.45) is 2.10. The highest BCUT2D eigenvalue weighted by Gasteiger charge is 2.18. The number of hydrogen-bond donors (Lipinski definition) is 1. The molecule has 3 aromatic rings. The van der Waals surface area contributed by atoms with E-state index in [0.717, 1.165) is 68.2 Å². The van der Waals surface area contributed by atoms with E-state index in [4.69, 9.17) is 9.72 Å². The first-order chi connectivity index (χ1) is 15.2. The Labute approximate surface area is 195 Å². The molecule has 1 amide bonds. The quantitative estimate of drug-likeness (QED) is 0.647. The minimum absolute atomic E-state index is 0. The average molecular weight is 453 g/mol. The monoisotopic (exact) mass is 452 g/mol. The molecule has 0 unspecified atom stereocenters. The second kappa shape index (κ2) is 9.76. The maximum absolute atomic E-state index is 11.6. The van der Waals surface area contributed by atoms with Crippen molar-refractivity contribution in [1.29, 1.82) is 0 Å². The zero-order chi connectivity index (χ0) is 21.2. The zero-order valence-electron chi connectivity index (χ0n) is 18.3. The van der Waals surface area contributed by atoms with Crippen LogP contribution in [0.5, 0.6) is 5.75 Å². The van der Waals surface area contributed by atoms with Crippen LogP contribution < -0.4 is 15.0 Å². The van der Waals surface area contributed by atoms with E-state index in [9.17, 15) is 4.79 Å². The van der Waals surface area contributed by atoms with Gasteiger partial charge in [-0.15, -0.1) is 12.4 Å². The molecule has 0 spiro atoms. The Morgan fingerprint density at radius 3 is 2.88 bits per heavy atom. The molecule has 2 aliphatic heterocycles. The van der Waals surface area contributed by atoms with Crippen molar-refractivity contribution >= 4 is 40.6 Å². The van der Waals surface area contributed by atoms with Gasteiger partial charge < -0.3 is 19.9 Å². The molecule has 5 rings (SSSR count). The number of benzene rings is 2. The van der Waals surface area contributed by atoms with Gasteiger partial charge in [0.1, 0.15) is 5.75 Å². The fourth-order valence-corrected chi connectivity index (χ4v) is 4.52. The number of aromatic nitrogens is 1. The molecular formula is C25H29ClN4O2. The number of carbonyl (C=O) groups is 1. The second-order valence-electron chi connectivity index (χ2n) is 8.40. The fraction of sp³-hybridized carbons (Fsp3) is 0.360. The van der Waals surface area contributed by atoms with E-state index in [1.807, 2.05) is 19.1 Å². The van der Waals surface area contributed by atoms with Crippen LogP contribution in [0.4, 0.5) is 11.4 Å². The van der Waals surface area contributed by atoms with Crippen LogP contribution >= 0.6 is 12.4 Å². The van der Waals surface area contributed by atoms with Gasteiger partial charge in [0, 0.05) is 42.9 Å². The Kier molecular flexibility index (Phi) is 6.82. The molecule has 6 nitrogen and oxygen atoms in total. The number of fused-ring (bicyclic) bond motifs is 2. The van der Waals surface area contributed by atoms with Gasteiger partial charge in [-0.05, 0) is 68.3 Å². The summed E-state index contributed by atoms with van der Waals surface area (Å²) >= 11 is 0. The molecule has 2 aliphatic rings. The summed E-state index contributed by atoms with van der Waals surface area (Å²) in [7, 11) is 0. The van der Waals surface area contributed by atoms with Crippen molar-refractivity contribution in [2.24, 2.45) is 0 Å². The van der Waals surface area contributed by atoms with Gasteiger partial charge in [0.2, 0.25) is 0 Å². The second-order valence-corrected chi connectivity index (χ2v) is 8.40. The first-order valence-electron chi connectivity index (χ1n) is 11.0. The summed E-state index contributed by atoms with van der Waals surface area (Å²) in [4.78, 5) is 21.3. The minimum Gasteiger partial charge on any atom is -0.482 e. The van der Waals surface area contributed by atoms with E-state index < -0.39 is 0 Å². The van der Waals surface area contributed by atoms with Crippen molar-refractivity contribution in [2.45, 2.75) is 19.8 Å². The van der Waals surface area contributed by atoms with Crippen LogP contribution in [-0.2, 0) is 11.2 Å². The lowest BCUT2D eigenvalue weighted by molar-refractivity contribution is -0.118. The lowest BCUT2D eigenvalue weighted by Crippen LogP contribution is -2.32. The Balaban J connectivity index is 0.00000245. The van der Waals surface area contributed by atoms with Gasteiger partial charge in [0.05, 0.1) is 11.2 Å². The molecule has 1 aromatic heterocycles. The summed E-state index contributed by atoms with van der Waals surface area (Å²) in [5.74, 6) is 0.671. The molecule has 1 saturated heterocycles. The molecular weight excluding hydrogens is 424 g/mol. The van der Waals surface area contributed by atoms with E-state index >= 15 is 0 Å². The predicted molar refractivity (Wildman–Crippen MR) is 131 cm³/mol. The van der Waals surface area contributed by atoms with Gasteiger partial charge in [-0.2, -0.15) is 0 Å². The van der Waals surface area contributed by atoms with Crippen molar-refractivity contribution in [3.05, 3.63) is 59.8 Å². The molecule has 0 atom stereocenters. The number of carbonyl (C=O) groups excluding carboxylic acids is 1. The summed E-state index contributed by atoms with van der Waals surface area (Å²) in [6.45, 7) is 7.37. The van der Waals surface area contributed by atoms with E-state index in [0.29, 0.717) is 0 Å². The summed E-state index contributed by atoms with van der Waals surface area (Å²) in [5.41, 5.74) is 5.43. The third kappa shape index (κ3) is 4.81. The molecule has 0 saturated carbocycles. The highest BCUT2D eigenvalue weighted by molar-refractivity contribution is 5.95. The number of hydrogen-bond acceptors (Lipinski definition) is 5. The number of rotatable bonds is 4. The SMILES string of the molecule is Cc1ccc2c(N3CCCN(CCc4ccc5c(c4)NC(=O)CO5)CC3)cccc2n1.Cl. The number of ether oxygens (including phenoxy) is 1. The number of pyridine rings is 1. The zero-order valence-corrected chi connectivity index (χ0v) is 19.2. The molecule has 32 heavy (non-hydrogen) atoms. The highest BCUT2D eigenvalue weighted by atomic mass is 35.5. The first kappa shape index (κ1) is 22.4. The van der Waals surface area contributed by atoms with Gasteiger partial charge in [0.25, 0.3) is 5.91 Å². The predicted octanol–water partition coefficient (Wildman–Crippen LogP) is 4.05. The van der Waals surface area contributed by atoms with Crippen molar-refractivity contribution in [3.63, 3.8) is 0 Å². The molecule has 0 bridgehead atoms. The lowest BCUT2D eigenvalue weighted by Gasteiger charge is -2.25. The van der Waals surface area contributed by atoms with Gasteiger partial charge in [-0.1, -0.05) is 12.1 Å². The van der Waals surface area contributed by atoms with Gasteiger partial charge in [-0.3, -0.25) is 9.78 Å². The normalized spacial score (nSPS) is 16.5. The summed E-state index contributed by atoms with van der Waals surface area (Å²) in [5, 5.41) is 4.14. The van der Waals surface area contributed by atoms with Crippen molar-refractivity contribution in [2.75, 3.05) is 49.5 Å². The number of nitrogens with zero attached hydrogens (tertiary/aromatic N) is 3. The Morgan fingerprint density at radius 2 is 1.97 bits per heavy atom. The average Bonchev–Trinajstić information content (AvgIpc) is 3.02. The number of anilines is 2. The standard InChI is InChI=1S/C25H28N4O2.ClH/c1-18-6-8-20-21(26-18)4-2-5-23(20)29-12-3-11-28(14-15-29)13-10-19-7-9-24-22(16-19)27-25(30)17-31-24;/h2,4-9,16H,3,10-15,17H2,1H3,(H,27,30);1H. The van der Waals surface area contributed by atoms with E-state index in [1.165, 1.54) is 16.6 Å². The molecule has 1 fully saturated rings. The van der Waals surface area contributed by atoms with Crippen LogP contribution in [0.2, 0.25) is 0 Å². The van der Waals surface area contributed by atoms with Crippen molar-refractivity contribution < 1.29 is 9.53 Å². The van der Waals surface area contributed by atoms with Crippen LogP contribution in [0.3, 0.4) is 0 Å². The molecule has 3 heterocycles. The van der Waals surface area contributed by atoms with Crippen LogP contribution in [0.1, 0.15) is 17.7 Å². The molecule has 2 aromatic carbocycles. The largest absolute Gasteiger partial charge is 0.482 e. The van der Waals surface area contributed by atoms with Crippen molar-refractivity contribution in [1.82, 2.24) is 9.88 Å². The number of halogens is 1. The van der Waals surface area contributed by atoms with Crippen LogP contribution in [-0.4, -0.2) is 55.1 Å². The van der Waals surface area contributed by atoms with E-state index in [-0.39, 0.29) is 24.9 Å². The first-order valence-corrected chi connectivity index (χ1v) is 11.0. The van der Waals surface area contributed by atoms with Crippen molar-refractivity contribution in [3.8, 4) is 5.75 Å². The fourth-order valence-electron chi connectivity index (χ4n) is 4.52. The highest BCUT2D eigenvalue weighted by Crippen LogP contribution is 2.29. The summed E-state index contributed by atoms with van der Waals surface area (Å²) in [6, 6.07) is 16.8. The number of nitrogens with one attached hydrogen (secondary N) is 1. The number of aryl methyl sites for hydroxylation is 1. The van der Waals surface area contributed by atoms with E-state index in [2.05, 4.69) is 51.5 Å².